The van der Waals surface area contributed by atoms with Gasteiger partial charge in [0.1, 0.15) is 23.0 Å². The molecule has 0 unspecified atom stereocenters. The van der Waals surface area contributed by atoms with Crippen molar-refractivity contribution in [3.63, 3.8) is 0 Å². The van der Waals surface area contributed by atoms with Gasteiger partial charge in [-0.15, -0.1) is 0 Å². The van der Waals surface area contributed by atoms with Gasteiger partial charge in [-0.05, 0) is 194 Å². The number of thiazole rings is 1. The summed E-state index contributed by atoms with van der Waals surface area (Å²) in [7, 11) is 0. The van der Waals surface area contributed by atoms with E-state index in [1.54, 1.807) is 47.9 Å². The summed E-state index contributed by atoms with van der Waals surface area (Å²) < 4.78 is 34.1. The Morgan fingerprint density at radius 2 is 1.10 bits per heavy atom. The monoisotopic (exact) mass is 1230 g/mol. The van der Waals surface area contributed by atoms with Crippen molar-refractivity contribution in [2.24, 2.45) is 28.8 Å². The maximum Gasteiger partial charge on any atom is 0.330 e. The molecule has 0 atom stereocenters. The van der Waals surface area contributed by atoms with Crippen molar-refractivity contribution in [2.75, 3.05) is 51.2 Å². The standard InChI is InChI=1S/C45H57N3O9S.C25H36O5/c1-4-7-8-13-28-48(45-47-40-16-11-12-17-42(40)58-45)46-32-36-31-39(26-27-41(36)57-53-6-3)55-44(50)35-20-18-34(19-21-35)33-54-56-38-24-22-37(23-25-38)51-29-14-9-10-15-30-52-43(49)5-2;1-3-24(26)29-19-9-7-5-4-6-8-18-28-22-14-16-23(17-15-22)30-25(27)21-12-10-20(2)11-13-21/h5,11-12,16-17,22-27,31-32,34-35H,2,4,6-10,13-15,18-21,28-30,33H2,1,3H3;3,14-17,20-21H,1,4-13,18-19H2,2H3/b46-32+;. The van der Waals surface area contributed by atoms with Crippen LogP contribution in [-0.4, -0.2) is 81.3 Å². The number of hydrazone groups is 1. The average molecular weight is 1230 g/mol. The summed E-state index contributed by atoms with van der Waals surface area (Å²) >= 11 is 1.61. The van der Waals surface area contributed by atoms with E-state index in [2.05, 4.69) is 33.1 Å². The first-order chi connectivity index (χ1) is 43.0. The van der Waals surface area contributed by atoms with E-state index in [0.29, 0.717) is 81.0 Å². The molecule has 17 nitrogen and oxygen atoms in total. The third kappa shape index (κ3) is 26.6. The Labute approximate surface area is 524 Å². The Bertz CT molecular complexity index is 2830. The van der Waals surface area contributed by atoms with E-state index in [9.17, 15) is 19.2 Å². The van der Waals surface area contributed by atoms with Gasteiger partial charge in [-0.2, -0.15) is 14.9 Å². The molecular formula is C70H93N3O14S. The summed E-state index contributed by atoms with van der Waals surface area (Å²) in [6.07, 6.45) is 25.7. The van der Waals surface area contributed by atoms with Crippen LogP contribution in [-0.2, 0) is 38.4 Å². The molecule has 18 heteroatoms. The van der Waals surface area contributed by atoms with Crippen LogP contribution >= 0.6 is 11.3 Å². The Morgan fingerprint density at radius 1 is 0.580 bits per heavy atom. The number of unbranched alkanes of at least 4 members (excludes halogenated alkanes) is 11. The minimum absolute atomic E-state index is 0.0410. The number of carbonyl (C=O) groups is 4. The minimum atomic E-state index is -0.383. The fourth-order valence-electron chi connectivity index (χ4n) is 10.0. The maximum absolute atomic E-state index is 13.3. The lowest BCUT2D eigenvalue weighted by Crippen LogP contribution is -2.27. The van der Waals surface area contributed by atoms with Crippen LogP contribution in [0.4, 0.5) is 5.13 Å². The Balaban J connectivity index is 0.000000346. The second-order valence-electron chi connectivity index (χ2n) is 22.4. The van der Waals surface area contributed by atoms with Gasteiger partial charge in [-0.1, -0.05) is 95.4 Å². The normalized spacial score (nSPS) is 16.4. The Morgan fingerprint density at radius 3 is 1.68 bits per heavy atom. The van der Waals surface area contributed by atoms with Crippen LogP contribution in [0, 0.1) is 23.7 Å². The summed E-state index contributed by atoms with van der Waals surface area (Å²) in [6.45, 7) is 16.7. The number of rotatable bonds is 39. The van der Waals surface area contributed by atoms with Gasteiger partial charge in [-0.3, -0.25) is 9.59 Å². The molecule has 2 saturated carbocycles. The van der Waals surface area contributed by atoms with Crippen molar-refractivity contribution < 1.29 is 67.1 Å². The van der Waals surface area contributed by atoms with Crippen LogP contribution in [0.25, 0.3) is 10.2 Å². The van der Waals surface area contributed by atoms with E-state index in [4.69, 9.17) is 58.1 Å². The number of aromatic nitrogens is 1. The smallest absolute Gasteiger partial charge is 0.330 e. The van der Waals surface area contributed by atoms with Crippen LogP contribution in [0.5, 0.6) is 34.5 Å². The SMILES string of the molecule is C=CC(=O)OCCCCCCCCOc1ccc(OC(=O)C2CCC(C)CC2)cc1.C=CC(=O)OCCCCCCOc1ccc(OOCC2CCC(C(=O)Oc3ccc(OOCC)c(/C=N/N(CCCCCC)c4nc5ccccc5s4)c3)CC2)cc1. The first-order valence-electron chi connectivity index (χ1n) is 31.9. The number of ether oxygens (including phenoxy) is 6. The van der Waals surface area contributed by atoms with Crippen molar-refractivity contribution >= 4 is 56.8 Å². The second kappa shape index (κ2) is 41.0. The van der Waals surface area contributed by atoms with Crippen LogP contribution in [0.2, 0.25) is 0 Å². The van der Waals surface area contributed by atoms with Gasteiger partial charge in [0.25, 0.3) is 0 Å². The predicted octanol–water partition coefficient (Wildman–Crippen LogP) is 16.3. The number of carbonyl (C=O) groups excluding carboxylic acids is 4. The summed E-state index contributed by atoms with van der Waals surface area (Å²) in [5, 5.41) is 7.61. The molecule has 0 aliphatic heterocycles. The van der Waals surface area contributed by atoms with Gasteiger partial charge >= 0.3 is 23.9 Å². The Hall–Kier alpha value is -7.28. The first kappa shape index (κ1) is 69.8. The molecule has 5 aromatic rings. The topological polar surface area (TPSA) is 189 Å². The van der Waals surface area contributed by atoms with Gasteiger partial charge in [0.05, 0.1) is 67.9 Å². The number of nitrogens with zero attached hydrogens (tertiary/aromatic N) is 3. The molecule has 0 saturated heterocycles. The number of esters is 4. The molecule has 88 heavy (non-hydrogen) atoms. The fourth-order valence-corrected chi connectivity index (χ4v) is 11.0. The van der Waals surface area contributed by atoms with E-state index in [1.165, 1.54) is 12.2 Å². The molecule has 0 N–H and O–H groups in total. The van der Waals surface area contributed by atoms with Crippen LogP contribution in [0.15, 0.2) is 121 Å². The highest BCUT2D eigenvalue weighted by molar-refractivity contribution is 7.22. The lowest BCUT2D eigenvalue weighted by atomic mass is 9.82. The number of hydrogen-bond acceptors (Lipinski definition) is 18. The summed E-state index contributed by atoms with van der Waals surface area (Å²) in [5.41, 5.74) is 1.56. The third-order valence-corrected chi connectivity index (χ3v) is 16.4. The largest absolute Gasteiger partial charge is 0.494 e. The number of hydrogen-bond donors (Lipinski definition) is 0. The molecule has 4 aromatic carbocycles. The van der Waals surface area contributed by atoms with E-state index >= 15 is 0 Å². The maximum atomic E-state index is 13.3. The van der Waals surface area contributed by atoms with E-state index in [1.807, 2.05) is 66.5 Å². The zero-order valence-corrected chi connectivity index (χ0v) is 52.9. The second-order valence-corrected chi connectivity index (χ2v) is 23.4. The predicted molar refractivity (Wildman–Crippen MR) is 344 cm³/mol. The van der Waals surface area contributed by atoms with Crippen molar-refractivity contribution in [3.05, 3.63) is 122 Å². The zero-order chi connectivity index (χ0) is 62.4. The third-order valence-electron chi connectivity index (χ3n) is 15.3. The van der Waals surface area contributed by atoms with E-state index in [-0.39, 0.29) is 41.6 Å². The van der Waals surface area contributed by atoms with Gasteiger partial charge in [0.2, 0.25) is 5.13 Å². The molecule has 0 amide bonds. The van der Waals surface area contributed by atoms with Gasteiger partial charge in [0, 0.05) is 24.3 Å². The number of fused-ring (bicyclic) bond motifs is 1. The average Bonchev–Trinajstić information content (AvgIpc) is 3.41. The highest BCUT2D eigenvalue weighted by atomic mass is 32.1. The van der Waals surface area contributed by atoms with Gasteiger partial charge < -0.3 is 38.2 Å². The van der Waals surface area contributed by atoms with Crippen molar-refractivity contribution in [1.29, 1.82) is 0 Å². The van der Waals surface area contributed by atoms with Crippen LogP contribution < -0.4 is 33.7 Å². The molecule has 1 aromatic heterocycles. The highest BCUT2D eigenvalue weighted by Crippen LogP contribution is 2.34. The van der Waals surface area contributed by atoms with Crippen molar-refractivity contribution in [1.82, 2.24) is 4.98 Å². The quantitative estimate of drug-likeness (QED) is 0.00686. The van der Waals surface area contributed by atoms with Gasteiger partial charge in [-0.25, -0.2) is 19.6 Å². The fraction of sp³-hybridized carbons (Fsp3) is 0.514. The van der Waals surface area contributed by atoms with Crippen LogP contribution in [0.3, 0.4) is 0 Å². The molecule has 0 radical (unpaired) electrons. The summed E-state index contributed by atoms with van der Waals surface area (Å²) in [6, 6.07) is 27.9. The Kier molecular flexibility index (Phi) is 32.6. The molecule has 1 heterocycles. The van der Waals surface area contributed by atoms with Crippen molar-refractivity contribution in [2.45, 2.75) is 162 Å². The molecule has 2 aliphatic rings. The molecule has 2 fully saturated rings. The lowest BCUT2D eigenvalue weighted by molar-refractivity contribution is -0.218. The van der Waals surface area contributed by atoms with Gasteiger partial charge in [0.15, 0.2) is 11.5 Å². The molecule has 2 aliphatic carbocycles. The molecular weight excluding hydrogens is 1140 g/mol. The number of para-hydroxylation sites is 1. The molecule has 478 valence electrons. The van der Waals surface area contributed by atoms with E-state index < -0.39 is 0 Å². The highest BCUT2D eigenvalue weighted by Gasteiger charge is 2.29. The first-order valence-corrected chi connectivity index (χ1v) is 32.7. The number of benzene rings is 4. The summed E-state index contributed by atoms with van der Waals surface area (Å²) in [4.78, 5) is 74.4. The minimum Gasteiger partial charge on any atom is -0.494 e. The van der Waals surface area contributed by atoms with Crippen LogP contribution in [0.1, 0.15) is 168 Å². The number of anilines is 1. The summed E-state index contributed by atoms with van der Waals surface area (Å²) in [5.74, 6) is 3.37. The van der Waals surface area contributed by atoms with E-state index in [0.717, 1.165) is 168 Å². The molecule has 7 rings (SSSR count). The molecule has 0 spiro atoms. The lowest BCUT2D eigenvalue weighted by Gasteiger charge is -2.26. The zero-order valence-electron chi connectivity index (χ0n) is 52.1. The van der Waals surface area contributed by atoms with Crippen molar-refractivity contribution in [3.8, 4) is 34.5 Å². The molecule has 0 bridgehead atoms.